The van der Waals surface area contributed by atoms with Gasteiger partial charge in [-0.1, -0.05) is 42.5 Å². The van der Waals surface area contributed by atoms with Crippen LogP contribution < -0.4 is 5.32 Å². The summed E-state index contributed by atoms with van der Waals surface area (Å²) in [5.41, 5.74) is 4.54. The van der Waals surface area contributed by atoms with Crippen molar-refractivity contribution in [3.8, 4) is 5.69 Å². The maximum absolute atomic E-state index is 12.4. The molecule has 132 valence electrons. The molecule has 26 heavy (non-hydrogen) atoms. The quantitative estimate of drug-likeness (QED) is 0.790. The highest BCUT2D eigenvalue weighted by Crippen LogP contribution is 2.25. The van der Waals surface area contributed by atoms with Crippen LogP contribution in [0.4, 0.5) is 0 Å². The Hall–Kier alpha value is -2.92. The Kier molecular flexibility index (Phi) is 4.54. The second-order valence-electron chi connectivity index (χ2n) is 6.60. The molecule has 0 saturated heterocycles. The van der Waals surface area contributed by atoms with Crippen LogP contribution in [0.1, 0.15) is 16.8 Å². The van der Waals surface area contributed by atoms with E-state index >= 15 is 0 Å². The Bertz CT molecular complexity index is 903. The first-order chi connectivity index (χ1) is 12.7. The molecule has 5 heteroatoms. The van der Waals surface area contributed by atoms with E-state index in [1.165, 1.54) is 11.1 Å². The molecule has 0 spiro atoms. The van der Waals surface area contributed by atoms with Crippen molar-refractivity contribution >= 4 is 5.91 Å². The second-order valence-corrected chi connectivity index (χ2v) is 6.60. The molecular weight excluding hydrogens is 324 g/mol. The van der Waals surface area contributed by atoms with Crippen LogP contribution in [0.5, 0.6) is 0 Å². The van der Waals surface area contributed by atoms with Gasteiger partial charge in [-0.15, -0.1) is 0 Å². The Morgan fingerprint density at radius 3 is 2.58 bits per heavy atom. The fourth-order valence-electron chi connectivity index (χ4n) is 3.55. The van der Waals surface area contributed by atoms with Gasteiger partial charge in [0, 0.05) is 26.3 Å². The third-order valence-corrected chi connectivity index (χ3v) is 4.93. The van der Waals surface area contributed by atoms with E-state index in [2.05, 4.69) is 28.4 Å². The van der Waals surface area contributed by atoms with Crippen molar-refractivity contribution in [2.75, 3.05) is 7.05 Å². The van der Waals surface area contributed by atoms with Crippen molar-refractivity contribution in [3.63, 3.8) is 0 Å². The number of para-hydroxylation sites is 1. The maximum Gasteiger partial charge on any atom is 0.237 e. The summed E-state index contributed by atoms with van der Waals surface area (Å²) in [6.45, 7) is 1.40. The second kappa shape index (κ2) is 7.14. The summed E-state index contributed by atoms with van der Waals surface area (Å²) in [7, 11) is 1.70. The topological polar surface area (TPSA) is 50.2 Å². The number of nitrogens with zero attached hydrogens (tertiary/aromatic N) is 3. The standard InChI is InChI=1S/C21H22N4O/c1-22-21(26)20-13-16-7-5-6-8-17(16)14-24(20)15-18-11-12-25(23-18)19-9-3-2-4-10-19/h2-12,20H,13-15H2,1H3,(H,22,26). The molecule has 1 unspecified atom stereocenters. The van der Waals surface area contributed by atoms with Gasteiger partial charge in [-0.2, -0.15) is 5.10 Å². The molecule has 4 rings (SSSR count). The zero-order valence-corrected chi connectivity index (χ0v) is 14.8. The Morgan fingerprint density at radius 2 is 1.81 bits per heavy atom. The maximum atomic E-state index is 12.4. The lowest BCUT2D eigenvalue weighted by Gasteiger charge is -2.35. The van der Waals surface area contributed by atoms with Gasteiger partial charge in [0.2, 0.25) is 5.91 Å². The number of rotatable bonds is 4. The van der Waals surface area contributed by atoms with Crippen LogP contribution in [0.3, 0.4) is 0 Å². The van der Waals surface area contributed by atoms with Gasteiger partial charge in [-0.05, 0) is 35.7 Å². The molecular formula is C21H22N4O. The molecule has 0 bridgehead atoms. The number of fused-ring (bicyclic) bond motifs is 1. The molecule has 0 aliphatic carbocycles. The summed E-state index contributed by atoms with van der Waals surface area (Å²) in [6, 6.07) is 20.3. The smallest absolute Gasteiger partial charge is 0.237 e. The van der Waals surface area contributed by atoms with Crippen molar-refractivity contribution in [1.29, 1.82) is 0 Å². The van der Waals surface area contributed by atoms with Crippen LogP contribution in [0.2, 0.25) is 0 Å². The van der Waals surface area contributed by atoms with Crippen LogP contribution >= 0.6 is 0 Å². The number of nitrogens with one attached hydrogen (secondary N) is 1. The highest BCUT2D eigenvalue weighted by Gasteiger charge is 2.31. The molecule has 0 saturated carbocycles. The number of likely N-dealkylation sites (N-methyl/N-ethyl adjacent to an activating group) is 1. The average Bonchev–Trinajstić information content (AvgIpc) is 3.16. The van der Waals surface area contributed by atoms with E-state index in [9.17, 15) is 4.79 Å². The summed E-state index contributed by atoms with van der Waals surface area (Å²) < 4.78 is 1.88. The van der Waals surface area contributed by atoms with Gasteiger partial charge >= 0.3 is 0 Å². The minimum Gasteiger partial charge on any atom is -0.358 e. The summed E-state index contributed by atoms with van der Waals surface area (Å²) in [5, 5.41) is 7.50. The molecule has 1 aliphatic rings. The number of amides is 1. The van der Waals surface area contributed by atoms with Crippen LogP contribution in [0.15, 0.2) is 66.9 Å². The van der Waals surface area contributed by atoms with Crippen LogP contribution in [-0.2, 0) is 24.3 Å². The number of hydrogen-bond donors (Lipinski definition) is 1. The van der Waals surface area contributed by atoms with E-state index in [1.54, 1.807) is 7.05 Å². The molecule has 5 nitrogen and oxygen atoms in total. The summed E-state index contributed by atoms with van der Waals surface area (Å²) >= 11 is 0. The zero-order chi connectivity index (χ0) is 17.9. The monoisotopic (exact) mass is 346 g/mol. The highest BCUT2D eigenvalue weighted by atomic mass is 16.2. The lowest BCUT2D eigenvalue weighted by atomic mass is 9.93. The summed E-state index contributed by atoms with van der Waals surface area (Å²) in [5.74, 6) is 0.0574. The minimum atomic E-state index is -0.170. The predicted molar refractivity (Wildman–Crippen MR) is 101 cm³/mol. The fraction of sp³-hybridized carbons (Fsp3) is 0.238. The zero-order valence-electron chi connectivity index (χ0n) is 14.8. The van der Waals surface area contributed by atoms with Gasteiger partial charge in [-0.25, -0.2) is 4.68 Å². The lowest BCUT2D eigenvalue weighted by Crippen LogP contribution is -2.49. The third kappa shape index (κ3) is 3.26. The first kappa shape index (κ1) is 16.5. The Balaban J connectivity index is 1.58. The fourth-order valence-corrected chi connectivity index (χ4v) is 3.55. The van der Waals surface area contributed by atoms with Crippen molar-refractivity contribution in [3.05, 3.63) is 83.7 Å². The van der Waals surface area contributed by atoms with E-state index < -0.39 is 0 Å². The predicted octanol–water partition coefficient (Wildman–Crippen LogP) is 2.55. The van der Waals surface area contributed by atoms with Gasteiger partial charge in [0.25, 0.3) is 0 Å². The molecule has 1 atom stereocenters. The van der Waals surface area contributed by atoms with E-state index in [0.717, 1.165) is 24.3 Å². The SMILES string of the molecule is CNC(=O)C1Cc2ccccc2CN1Cc1ccn(-c2ccccc2)n1. The Morgan fingerprint density at radius 1 is 1.08 bits per heavy atom. The van der Waals surface area contributed by atoms with Gasteiger partial charge in [0.05, 0.1) is 17.4 Å². The molecule has 2 heterocycles. The summed E-state index contributed by atoms with van der Waals surface area (Å²) in [4.78, 5) is 14.6. The first-order valence-electron chi connectivity index (χ1n) is 8.87. The molecule has 1 aromatic heterocycles. The lowest BCUT2D eigenvalue weighted by molar-refractivity contribution is -0.126. The number of hydrogen-bond acceptors (Lipinski definition) is 3. The summed E-state index contributed by atoms with van der Waals surface area (Å²) in [6.07, 6.45) is 2.70. The molecule has 1 amide bonds. The largest absolute Gasteiger partial charge is 0.358 e. The first-order valence-corrected chi connectivity index (χ1v) is 8.87. The van der Waals surface area contributed by atoms with E-state index in [4.69, 9.17) is 5.10 Å². The van der Waals surface area contributed by atoms with E-state index in [0.29, 0.717) is 6.54 Å². The number of carbonyl (C=O) groups is 1. The number of aromatic nitrogens is 2. The number of carbonyl (C=O) groups excluding carboxylic acids is 1. The van der Waals surface area contributed by atoms with Crippen molar-refractivity contribution in [1.82, 2.24) is 20.0 Å². The normalized spacial score (nSPS) is 16.9. The van der Waals surface area contributed by atoms with Crippen molar-refractivity contribution in [2.45, 2.75) is 25.6 Å². The third-order valence-electron chi connectivity index (χ3n) is 4.93. The molecule has 2 aromatic carbocycles. The van der Waals surface area contributed by atoms with Crippen molar-refractivity contribution in [2.24, 2.45) is 0 Å². The van der Waals surface area contributed by atoms with Crippen molar-refractivity contribution < 1.29 is 4.79 Å². The molecule has 3 aromatic rings. The van der Waals surface area contributed by atoms with Crippen LogP contribution in [-0.4, -0.2) is 33.7 Å². The van der Waals surface area contributed by atoms with Gasteiger partial charge in [0.15, 0.2) is 0 Å². The Labute approximate surface area is 153 Å². The van der Waals surface area contributed by atoms with Gasteiger partial charge in [0.1, 0.15) is 0 Å². The van der Waals surface area contributed by atoms with Crippen LogP contribution in [0, 0.1) is 0 Å². The van der Waals surface area contributed by atoms with Crippen LogP contribution in [0.25, 0.3) is 5.69 Å². The molecule has 1 aliphatic heterocycles. The van der Waals surface area contributed by atoms with E-state index in [-0.39, 0.29) is 11.9 Å². The van der Waals surface area contributed by atoms with E-state index in [1.807, 2.05) is 53.3 Å². The van der Waals surface area contributed by atoms with Gasteiger partial charge < -0.3 is 5.32 Å². The van der Waals surface area contributed by atoms with Gasteiger partial charge in [-0.3, -0.25) is 9.69 Å². The minimum absolute atomic E-state index is 0.0574. The molecule has 0 fully saturated rings. The number of benzene rings is 2. The highest BCUT2D eigenvalue weighted by molar-refractivity contribution is 5.82. The average molecular weight is 346 g/mol. The molecule has 1 N–H and O–H groups in total. The molecule has 0 radical (unpaired) electrons.